The molecule has 0 atom stereocenters. The van der Waals surface area contributed by atoms with Crippen molar-refractivity contribution in [2.75, 3.05) is 31.1 Å². The molecule has 0 spiro atoms. The maximum atomic E-state index is 13.2. The monoisotopic (exact) mass is 348 g/mol. The Balaban J connectivity index is 1.61. The Hall–Kier alpha value is -2.11. The standard InChI is InChI=1S/C18H18ClFN2O2/c19-16-11-15(20)4-5-17(16)22-8-6-21(7-9-22)12-13-2-1-3-14(10-13)18(23)24/h1-5,10-11H,6-9,12H2,(H,23,24). The molecule has 0 radical (unpaired) electrons. The second-order valence-electron chi connectivity index (χ2n) is 5.86. The number of rotatable bonds is 4. The van der Waals surface area contributed by atoms with Crippen LogP contribution in [0.2, 0.25) is 5.02 Å². The third kappa shape index (κ3) is 3.86. The number of carboxylic acids is 1. The molecule has 0 unspecified atom stereocenters. The third-order valence-corrected chi connectivity index (χ3v) is 4.51. The number of nitrogens with zero attached hydrogens (tertiary/aromatic N) is 2. The largest absolute Gasteiger partial charge is 0.478 e. The molecule has 6 heteroatoms. The van der Waals surface area contributed by atoms with Crippen LogP contribution in [-0.2, 0) is 6.54 Å². The summed E-state index contributed by atoms with van der Waals surface area (Å²) in [6, 6.07) is 11.5. The Morgan fingerprint density at radius 1 is 1.12 bits per heavy atom. The first-order valence-electron chi connectivity index (χ1n) is 7.77. The smallest absolute Gasteiger partial charge is 0.335 e. The van der Waals surface area contributed by atoms with Crippen LogP contribution in [0.1, 0.15) is 15.9 Å². The van der Waals surface area contributed by atoms with Gasteiger partial charge in [-0.15, -0.1) is 0 Å². The molecule has 1 fully saturated rings. The van der Waals surface area contributed by atoms with Crippen molar-refractivity contribution in [3.8, 4) is 0 Å². The number of benzene rings is 2. The van der Waals surface area contributed by atoms with Gasteiger partial charge in [0.15, 0.2) is 0 Å². The molecule has 0 amide bonds. The maximum absolute atomic E-state index is 13.2. The molecule has 3 rings (SSSR count). The van der Waals surface area contributed by atoms with Crippen molar-refractivity contribution < 1.29 is 14.3 Å². The van der Waals surface area contributed by atoms with Crippen LogP contribution in [0.15, 0.2) is 42.5 Å². The predicted octanol–water partition coefficient (Wildman–Crippen LogP) is 3.50. The molecule has 0 bridgehead atoms. The van der Waals surface area contributed by atoms with Crippen LogP contribution < -0.4 is 4.90 Å². The van der Waals surface area contributed by atoms with Gasteiger partial charge in [-0.1, -0.05) is 23.7 Å². The van der Waals surface area contributed by atoms with Crippen LogP contribution in [0, 0.1) is 5.82 Å². The number of piperazine rings is 1. The first-order valence-corrected chi connectivity index (χ1v) is 8.15. The number of carboxylic acid groups (broad SMARTS) is 1. The SMILES string of the molecule is O=C(O)c1cccc(CN2CCN(c3ccc(F)cc3Cl)CC2)c1. The van der Waals surface area contributed by atoms with Gasteiger partial charge in [-0.05, 0) is 35.9 Å². The minimum atomic E-state index is -0.910. The summed E-state index contributed by atoms with van der Waals surface area (Å²) in [5.74, 6) is -1.24. The Morgan fingerprint density at radius 2 is 1.88 bits per heavy atom. The number of aromatic carboxylic acids is 1. The van der Waals surface area contributed by atoms with E-state index in [9.17, 15) is 9.18 Å². The average molecular weight is 349 g/mol. The minimum absolute atomic E-state index is 0.309. The molecule has 24 heavy (non-hydrogen) atoms. The third-order valence-electron chi connectivity index (χ3n) is 4.20. The van der Waals surface area contributed by atoms with E-state index in [1.165, 1.54) is 12.1 Å². The molecule has 2 aromatic carbocycles. The molecular weight excluding hydrogens is 331 g/mol. The fraction of sp³-hybridized carbons (Fsp3) is 0.278. The van der Waals surface area contributed by atoms with Gasteiger partial charge in [0.1, 0.15) is 5.82 Å². The van der Waals surface area contributed by atoms with Crippen molar-refractivity contribution in [1.29, 1.82) is 0 Å². The van der Waals surface area contributed by atoms with Crippen molar-refractivity contribution in [3.05, 3.63) is 64.4 Å². The van der Waals surface area contributed by atoms with E-state index < -0.39 is 5.97 Å². The summed E-state index contributed by atoms with van der Waals surface area (Å²) in [4.78, 5) is 15.5. The maximum Gasteiger partial charge on any atom is 0.335 e. The fourth-order valence-electron chi connectivity index (χ4n) is 2.95. The predicted molar refractivity (Wildman–Crippen MR) is 92.3 cm³/mol. The minimum Gasteiger partial charge on any atom is -0.478 e. The lowest BCUT2D eigenvalue weighted by Gasteiger charge is -2.36. The van der Waals surface area contributed by atoms with E-state index in [-0.39, 0.29) is 5.82 Å². The highest BCUT2D eigenvalue weighted by molar-refractivity contribution is 6.33. The zero-order valence-corrected chi connectivity index (χ0v) is 13.8. The van der Waals surface area contributed by atoms with Crippen LogP contribution in [0.4, 0.5) is 10.1 Å². The van der Waals surface area contributed by atoms with E-state index in [0.29, 0.717) is 17.1 Å². The van der Waals surface area contributed by atoms with Crippen LogP contribution in [-0.4, -0.2) is 42.2 Å². The molecule has 1 N–H and O–H groups in total. The van der Waals surface area contributed by atoms with Crippen LogP contribution in [0.5, 0.6) is 0 Å². The van der Waals surface area contributed by atoms with Crippen molar-refractivity contribution in [2.24, 2.45) is 0 Å². The van der Waals surface area contributed by atoms with Crippen LogP contribution in [0.3, 0.4) is 0 Å². The quantitative estimate of drug-likeness (QED) is 0.918. The summed E-state index contributed by atoms with van der Waals surface area (Å²) in [6.07, 6.45) is 0. The van der Waals surface area contributed by atoms with Crippen molar-refractivity contribution in [1.82, 2.24) is 4.90 Å². The molecule has 1 heterocycles. The van der Waals surface area contributed by atoms with Crippen LogP contribution in [0.25, 0.3) is 0 Å². The van der Waals surface area contributed by atoms with Gasteiger partial charge in [-0.3, -0.25) is 4.90 Å². The lowest BCUT2D eigenvalue weighted by atomic mass is 10.1. The lowest BCUT2D eigenvalue weighted by molar-refractivity contribution is 0.0696. The van der Waals surface area contributed by atoms with Crippen molar-refractivity contribution in [2.45, 2.75) is 6.54 Å². The zero-order chi connectivity index (χ0) is 17.1. The Morgan fingerprint density at radius 3 is 2.54 bits per heavy atom. The summed E-state index contributed by atoms with van der Waals surface area (Å²) < 4.78 is 13.2. The summed E-state index contributed by atoms with van der Waals surface area (Å²) >= 11 is 6.13. The summed E-state index contributed by atoms with van der Waals surface area (Å²) in [6.45, 7) is 3.98. The summed E-state index contributed by atoms with van der Waals surface area (Å²) in [5.41, 5.74) is 2.15. The van der Waals surface area contributed by atoms with Crippen LogP contribution >= 0.6 is 11.6 Å². The highest BCUT2D eigenvalue weighted by Crippen LogP contribution is 2.27. The molecular formula is C18H18ClFN2O2. The molecule has 1 aliphatic rings. The Labute approximate surface area is 145 Å². The molecule has 2 aromatic rings. The van der Waals surface area contributed by atoms with Gasteiger partial charge in [0.05, 0.1) is 16.3 Å². The highest BCUT2D eigenvalue weighted by atomic mass is 35.5. The molecule has 0 saturated carbocycles. The molecule has 1 saturated heterocycles. The van der Waals surface area contributed by atoms with E-state index in [1.807, 2.05) is 6.07 Å². The normalized spacial score (nSPS) is 15.5. The topological polar surface area (TPSA) is 43.8 Å². The average Bonchev–Trinajstić information content (AvgIpc) is 2.56. The van der Waals surface area contributed by atoms with E-state index >= 15 is 0 Å². The first kappa shape index (κ1) is 16.7. The summed E-state index contributed by atoms with van der Waals surface area (Å²) in [7, 11) is 0. The van der Waals surface area contributed by atoms with Crippen molar-refractivity contribution in [3.63, 3.8) is 0 Å². The van der Waals surface area contributed by atoms with Gasteiger partial charge in [-0.2, -0.15) is 0 Å². The molecule has 4 nitrogen and oxygen atoms in total. The van der Waals surface area contributed by atoms with E-state index in [4.69, 9.17) is 16.7 Å². The Bertz CT molecular complexity index is 746. The zero-order valence-electron chi connectivity index (χ0n) is 13.1. The number of halogens is 2. The number of carbonyl (C=O) groups is 1. The Kier molecular flexibility index (Phi) is 5.02. The van der Waals surface area contributed by atoms with Gasteiger partial charge in [0, 0.05) is 32.7 Å². The highest BCUT2D eigenvalue weighted by Gasteiger charge is 2.19. The van der Waals surface area contributed by atoms with Gasteiger partial charge in [-0.25, -0.2) is 9.18 Å². The number of anilines is 1. The molecule has 0 aliphatic carbocycles. The second kappa shape index (κ2) is 7.20. The fourth-order valence-corrected chi connectivity index (χ4v) is 3.23. The second-order valence-corrected chi connectivity index (χ2v) is 6.27. The molecule has 0 aromatic heterocycles. The van der Waals surface area contributed by atoms with Gasteiger partial charge in [0.2, 0.25) is 0 Å². The van der Waals surface area contributed by atoms with E-state index in [0.717, 1.165) is 37.4 Å². The van der Waals surface area contributed by atoms with Gasteiger partial charge >= 0.3 is 5.97 Å². The molecule has 126 valence electrons. The van der Waals surface area contributed by atoms with E-state index in [2.05, 4.69) is 9.80 Å². The number of hydrogen-bond donors (Lipinski definition) is 1. The van der Waals surface area contributed by atoms with Crippen molar-refractivity contribution >= 4 is 23.3 Å². The summed E-state index contributed by atoms with van der Waals surface area (Å²) in [5, 5.41) is 9.49. The van der Waals surface area contributed by atoms with Gasteiger partial charge in [0.25, 0.3) is 0 Å². The molecule has 1 aliphatic heterocycles. The van der Waals surface area contributed by atoms with E-state index in [1.54, 1.807) is 24.3 Å². The van der Waals surface area contributed by atoms with Gasteiger partial charge < -0.3 is 10.0 Å². The lowest BCUT2D eigenvalue weighted by Crippen LogP contribution is -2.46. The number of hydrogen-bond acceptors (Lipinski definition) is 3. The first-order chi connectivity index (χ1) is 11.5.